The van der Waals surface area contributed by atoms with Gasteiger partial charge in [0.2, 0.25) is 0 Å². The van der Waals surface area contributed by atoms with Crippen molar-refractivity contribution in [2.75, 3.05) is 49.2 Å². The summed E-state index contributed by atoms with van der Waals surface area (Å²) in [6.07, 6.45) is 5.35. The van der Waals surface area contributed by atoms with Gasteiger partial charge in [-0.3, -0.25) is 0 Å². The second-order valence-corrected chi connectivity index (χ2v) is 11.9. The molecule has 4 N–H and O–H groups in total. The van der Waals surface area contributed by atoms with E-state index in [0.717, 1.165) is 43.3 Å². The van der Waals surface area contributed by atoms with E-state index in [1.165, 1.54) is 11.8 Å². The van der Waals surface area contributed by atoms with Crippen LogP contribution in [0.25, 0.3) is 0 Å². The molecular weight excluding hydrogens is 488 g/mol. The standard InChI is InChI=1S/C24H33ClN6O3S/c1-23(2,33)15-10-31(11-15)22-20(25)17(3-6-27-22)35-19-9-28-21(16(12-32)29-19)30-7-4-24(5-8-30)14-34-13-18(24)26/h3,6,9,15,18,32-33H,4-5,7-8,10-14,26H2,1-2H3/t18-/m1/s1. The number of halogens is 1. The number of nitrogens with zero attached hydrogens (tertiary/aromatic N) is 5. The lowest BCUT2D eigenvalue weighted by Crippen LogP contribution is -2.56. The molecule has 0 unspecified atom stereocenters. The van der Waals surface area contributed by atoms with Crippen molar-refractivity contribution in [3.8, 4) is 0 Å². The summed E-state index contributed by atoms with van der Waals surface area (Å²) in [5.74, 6) is 1.61. The molecule has 2 aromatic rings. The maximum Gasteiger partial charge on any atom is 0.152 e. The first kappa shape index (κ1) is 25.0. The van der Waals surface area contributed by atoms with Crippen molar-refractivity contribution in [2.24, 2.45) is 17.1 Å². The van der Waals surface area contributed by atoms with E-state index in [-0.39, 0.29) is 24.0 Å². The zero-order chi connectivity index (χ0) is 24.8. The Morgan fingerprint density at radius 2 is 1.97 bits per heavy atom. The Kier molecular flexibility index (Phi) is 6.88. The molecule has 0 saturated carbocycles. The molecule has 2 aromatic heterocycles. The summed E-state index contributed by atoms with van der Waals surface area (Å²) in [5.41, 5.74) is 6.20. The molecular formula is C24H33ClN6O3S. The van der Waals surface area contributed by atoms with Gasteiger partial charge in [-0.05, 0) is 32.8 Å². The summed E-state index contributed by atoms with van der Waals surface area (Å²) >= 11 is 8.12. The lowest BCUT2D eigenvalue weighted by molar-refractivity contribution is 0.00438. The number of nitrogens with two attached hydrogens (primary N) is 1. The Bertz CT molecular complexity index is 1070. The number of aliphatic hydroxyl groups is 2. The van der Waals surface area contributed by atoms with Crippen molar-refractivity contribution in [2.45, 2.75) is 54.9 Å². The number of hydrogen-bond acceptors (Lipinski definition) is 10. The Labute approximate surface area is 215 Å². The number of aliphatic hydroxyl groups excluding tert-OH is 1. The predicted molar refractivity (Wildman–Crippen MR) is 136 cm³/mol. The van der Waals surface area contributed by atoms with Crippen LogP contribution < -0.4 is 15.5 Å². The highest BCUT2D eigenvalue weighted by Gasteiger charge is 2.44. The third-order valence-electron chi connectivity index (χ3n) is 7.71. The summed E-state index contributed by atoms with van der Waals surface area (Å²) in [4.78, 5) is 18.9. The number of anilines is 2. The highest BCUT2D eigenvalue weighted by molar-refractivity contribution is 7.99. The topological polar surface area (TPSA) is 121 Å². The summed E-state index contributed by atoms with van der Waals surface area (Å²) in [5, 5.41) is 21.5. The van der Waals surface area contributed by atoms with E-state index in [9.17, 15) is 10.2 Å². The van der Waals surface area contributed by atoms with Crippen LogP contribution >= 0.6 is 23.4 Å². The fourth-order valence-corrected chi connectivity index (χ4v) is 6.24. The first-order valence-electron chi connectivity index (χ1n) is 12.0. The molecule has 0 bridgehead atoms. The zero-order valence-electron chi connectivity index (χ0n) is 20.2. The van der Waals surface area contributed by atoms with E-state index < -0.39 is 5.60 Å². The fraction of sp³-hybridized carbons (Fsp3) is 0.625. The van der Waals surface area contributed by atoms with Crippen LogP contribution in [0.2, 0.25) is 5.02 Å². The predicted octanol–water partition coefficient (Wildman–Crippen LogP) is 2.32. The molecule has 0 aromatic carbocycles. The van der Waals surface area contributed by atoms with Gasteiger partial charge >= 0.3 is 0 Å². The molecule has 5 heterocycles. The van der Waals surface area contributed by atoms with Gasteiger partial charge in [-0.1, -0.05) is 23.4 Å². The molecule has 3 fully saturated rings. The molecule has 3 aliphatic heterocycles. The molecule has 0 amide bonds. The second-order valence-electron chi connectivity index (χ2n) is 10.4. The number of ether oxygens (including phenoxy) is 1. The van der Waals surface area contributed by atoms with Crippen LogP contribution in [0.5, 0.6) is 0 Å². The van der Waals surface area contributed by atoms with Crippen molar-refractivity contribution < 1.29 is 14.9 Å². The SMILES string of the molecule is CC(C)(O)C1CN(c2nccc(Sc3cnc(N4CCC5(CC4)COC[C@H]5N)c(CO)n3)c2Cl)C1. The average molecular weight is 521 g/mol. The van der Waals surface area contributed by atoms with Gasteiger partial charge in [0.15, 0.2) is 5.82 Å². The molecule has 190 valence electrons. The van der Waals surface area contributed by atoms with Gasteiger partial charge in [-0.25, -0.2) is 15.0 Å². The first-order valence-corrected chi connectivity index (χ1v) is 13.2. The summed E-state index contributed by atoms with van der Waals surface area (Å²) < 4.78 is 5.63. The third-order valence-corrected chi connectivity index (χ3v) is 9.16. The van der Waals surface area contributed by atoms with Gasteiger partial charge in [0.05, 0.1) is 36.6 Å². The fourth-order valence-electron chi connectivity index (χ4n) is 5.10. The summed E-state index contributed by atoms with van der Waals surface area (Å²) in [7, 11) is 0. The Hall–Kier alpha value is -1.69. The monoisotopic (exact) mass is 520 g/mol. The molecule has 5 rings (SSSR count). The minimum atomic E-state index is -0.723. The Morgan fingerprint density at radius 3 is 2.60 bits per heavy atom. The highest BCUT2D eigenvalue weighted by Crippen LogP contribution is 2.42. The number of rotatable bonds is 6. The van der Waals surface area contributed by atoms with Crippen LogP contribution in [0.1, 0.15) is 32.4 Å². The van der Waals surface area contributed by atoms with Gasteiger partial charge < -0.3 is 30.5 Å². The zero-order valence-corrected chi connectivity index (χ0v) is 21.7. The largest absolute Gasteiger partial charge is 0.390 e. The van der Waals surface area contributed by atoms with Gasteiger partial charge in [-0.2, -0.15) is 0 Å². The van der Waals surface area contributed by atoms with E-state index >= 15 is 0 Å². The maximum absolute atomic E-state index is 10.2. The van der Waals surface area contributed by atoms with Crippen LogP contribution in [0.3, 0.4) is 0 Å². The number of hydrogen-bond donors (Lipinski definition) is 3. The summed E-state index contributed by atoms with van der Waals surface area (Å²) in [6, 6.07) is 1.94. The minimum absolute atomic E-state index is 0.0539. The molecule has 35 heavy (non-hydrogen) atoms. The van der Waals surface area contributed by atoms with Gasteiger partial charge in [0.25, 0.3) is 0 Å². The lowest BCUT2D eigenvalue weighted by Gasteiger charge is -2.46. The quantitative estimate of drug-likeness (QED) is 0.523. The van der Waals surface area contributed by atoms with Crippen molar-refractivity contribution in [3.05, 3.63) is 29.2 Å². The number of pyridine rings is 1. The molecule has 0 radical (unpaired) electrons. The molecule has 11 heteroatoms. The lowest BCUT2D eigenvalue weighted by atomic mass is 9.75. The summed E-state index contributed by atoms with van der Waals surface area (Å²) in [6.45, 7) is 7.87. The van der Waals surface area contributed by atoms with Gasteiger partial charge in [0.1, 0.15) is 16.5 Å². The molecule has 3 aliphatic rings. The van der Waals surface area contributed by atoms with E-state index in [2.05, 4.69) is 19.8 Å². The van der Waals surface area contributed by atoms with Gasteiger partial charge in [-0.15, -0.1) is 0 Å². The smallest absolute Gasteiger partial charge is 0.152 e. The van der Waals surface area contributed by atoms with Crippen LogP contribution in [0.15, 0.2) is 28.4 Å². The van der Waals surface area contributed by atoms with Crippen molar-refractivity contribution in [3.63, 3.8) is 0 Å². The van der Waals surface area contributed by atoms with Crippen LogP contribution in [-0.4, -0.2) is 76.2 Å². The van der Waals surface area contributed by atoms with Crippen LogP contribution in [0, 0.1) is 11.3 Å². The molecule has 1 spiro atoms. The number of aromatic nitrogens is 3. The maximum atomic E-state index is 10.2. The van der Waals surface area contributed by atoms with E-state index in [1.54, 1.807) is 12.4 Å². The molecule has 1 atom stereocenters. The molecule has 0 aliphatic carbocycles. The minimum Gasteiger partial charge on any atom is -0.390 e. The van der Waals surface area contributed by atoms with E-state index in [4.69, 9.17) is 27.1 Å². The van der Waals surface area contributed by atoms with E-state index in [1.807, 2.05) is 19.9 Å². The van der Waals surface area contributed by atoms with E-state index in [0.29, 0.717) is 41.3 Å². The van der Waals surface area contributed by atoms with Crippen molar-refractivity contribution in [1.29, 1.82) is 0 Å². The normalized spacial score (nSPS) is 22.6. The van der Waals surface area contributed by atoms with Crippen molar-refractivity contribution >= 4 is 35.0 Å². The molecule has 9 nitrogen and oxygen atoms in total. The Balaban J connectivity index is 1.28. The average Bonchev–Trinajstić information content (AvgIpc) is 3.14. The van der Waals surface area contributed by atoms with Gasteiger partial charge in [0, 0.05) is 54.6 Å². The Morgan fingerprint density at radius 1 is 1.23 bits per heavy atom. The van der Waals surface area contributed by atoms with Crippen molar-refractivity contribution in [1.82, 2.24) is 15.0 Å². The highest BCUT2D eigenvalue weighted by atomic mass is 35.5. The third kappa shape index (κ3) is 4.84. The first-order chi connectivity index (χ1) is 16.7. The molecule has 3 saturated heterocycles. The van der Waals surface area contributed by atoms with Crippen LogP contribution in [0.4, 0.5) is 11.6 Å². The van der Waals surface area contributed by atoms with Crippen LogP contribution in [-0.2, 0) is 11.3 Å². The second kappa shape index (κ2) is 9.64. The number of piperidine rings is 1.